The Morgan fingerprint density at radius 2 is 2.00 bits per heavy atom. The number of benzene rings is 1. The molecule has 0 aliphatic carbocycles. The minimum Gasteiger partial charge on any atom is -0.388 e. The molecule has 3 rings (SSSR count). The topological polar surface area (TPSA) is 110 Å². The molecular formula is C14H18Cl2N4O4. The van der Waals surface area contributed by atoms with Crippen LogP contribution in [0.5, 0.6) is 0 Å². The Balaban J connectivity index is 0.00000144. The monoisotopic (exact) mass is 376 g/mol. The molecule has 0 atom stereocenters. The van der Waals surface area contributed by atoms with E-state index < -0.39 is 10.5 Å². The smallest absolute Gasteiger partial charge is 0.271 e. The van der Waals surface area contributed by atoms with Gasteiger partial charge in [-0.25, -0.2) is 4.98 Å². The van der Waals surface area contributed by atoms with E-state index in [0.29, 0.717) is 31.3 Å². The van der Waals surface area contributed by atoms with Crippen molar-refractivity contribution in [3.8, 4) is 0 Å². The van der Waals surface area contributed by atoms with Crippen LogP contribution in [0.3, 0.4) is 0 Å². The number of aromatic nitrogens is 2. The Bertz CT molecular complexity index is 790. The van der Waals surface area contributed by atoms with Gasteiger partial charge in [0.15, 0.2) is 0 Å². The lowest BCUT2D eigenvalue weighted by Gasteiger charge is -2.32. The molecule has 1 saturated heterocycles. The summed E-state index contributed by atoms with van der Waals surface area (Å²) in [5.74, 6) is 0. The van der Waals surface area contributed by atoms with Gasteiger partial charge in [0.25, 0.3) is 11.2 Å². The van der Waals surface area contributed by atoms with Crippen LogP contribution in [-0.4, -0.2) is 38.3 Å². The number of halogens is 2. The first-order chi connectivity index (χ1) is 10.5. The van der Waals surface area contributed by atoms with Gasteiger partial charge in [-0.15, -0.1) is 24.8 Å². The molecule has 132 valence electrons. The van der Waals surface area contributed by atoms with Crippen molar-refractivity contribution >= 4 is 41.4 Å². The molecule has 0 unspecified atom stereocenters. The van der Waals surface area contributed by atoms with Gasteiger partial charge in [0.2, 0.25) is 0 Å². The van der Waals surface area contributed by atoms with E-state index in [1.807, 2.05) is 0 Å². The van der Waals surface area contributed by atoms with E-state index in [9.17, 15) is 20.0 Å². The molecule has 8 nitrogen and oxygen atoms in total. The number of aliphatic hydroxyl groups is 1. The van der Waals surface area contributed by atoms with Gasteiger partial charge in [-0.3, -0.25) is 19.5 Å². The number of nitro groups is 1. The highest BCUT2D eigenvalue weighted by molar-refractivity contribution is 5.85. The summed E-state index contributed by atoms with van der Waals surface area (Å²) >= 11 is 0. The summed E-state index contributed by atoms with van der Waals surface area (Å²) in [6, 6.07) is 3.97. The Kier molecular flexibility index (Phi) is 6.67. The molecule has 0 radical (unpaired) electrons. The fourth-order valence-corrected chi connectivity index (χ4v) is 2.74. The second-order valence-corrected chi connectivity index (χ2v) is 5.61. The Hall–Kier alpha value is -1.74. The van der Waals surface area contributed by atoms with Crippen LogP contribution in [0, 0.1) is 10.1 Å². The first kappa shape index (κ1) is 20.3. The second-order valence-electron chi connectivity index (χ2n) is 5.61. The fraction of sp³-hybridized carbons (Fsp3) is 0.429. The van der Waals surface area contributed by atoms with E-state index in [0.717, 1.165) is 0 Å². The number of nitrogens with one attached hydrogen (secondary N) is 1. The number of nitro benzene ring substituents is 1. The fourth-order valence-electron chi connectivity index (χ4n) is 2.74. The molecule has 0 spiro atoms. The van der Waals surface area contributed by atoms with E-state index in [-0.39, 0.29) is 48.1 Å². The van der Waals surface area contributed by atoms with Crippen LogP contribution in [0.2, 0.25) is 0 Å². The third kappa shape index (κ3) is 4.02. The van der Waals surface area contributed by atoms with E-state index in [4.69, 9.17) is 0 Å². The maximum Gasteiger partial charge on any atom is 0.271 e. The number of hydrogen-bond donors (Lipinski definition) is 2. The van der Waals surface area contributed by atoms with Gasteiger partial charge in [-0.2, -0.15) is 0 Å². The van der Waals surface area contributed by atoms with E-state index >= 15 is 0 Å². The van der Waals surface area contributed by atoms with Crippen LogP contribution in [0.1, 0.15) is 12.8 Å². The molecule has 0 amide bonds. The highest BCUT2D eigenvalue weighted by Gasteiger charge is 2.30. The lowest BCUT2D eigenvalue weighted by Crippen LogP contribution is -2.46. The molecule has 10 heteroatoms. The average molecular weight is 377 g/mol. The number of fused-ring (bicyclic) bond motifs is 1. The molecule has 1 fully saturated rings. The number of piperidine rings is 1. The van der Waals surface area contributed by atoms with E-state index in [1.165, 1.54) is 29.1 Å². The summed E-state index contributed by atoms with van der Waals surface area (Å²) in [7, 11) is 0. The predicted molar refractivity (Wildman–Crippen MR) is 94.2 cm³/mol. The summed E-state index contributed by atoms with van der Waals surface area (Å²) in [5, 5.41) is 24.7. The van der Waals surface area contributed by atoms with Gasteiger partial charge < -0.3 is 10.4 Å². The van der Waals surface area contributed by atoms with Crippen LogP contribution in [0.4, 0.5) is 5.69 Å². The molecular weight excluding hydrogens is 359 g/mol. The number of nitrogens with zero attached hydrogens (tertiary/aromatic N) is 3. The molecule has 1 aliphatic rings. The lowest BCUT2D eigenvalue weighted by molar-refractivity contribution is -0.384. The van der Waals surface area contributed by atoms with Crippen LogP contribution in [-0.2, 0) is 6.54 Å². The highest BCUT2D eigenvalue weighted by atomic mass is 35.5. The molecule has 2 heterocycles. The van der Waals surface area contributed by atoms with Gasteiger partial charge >= 0.3 is 0 Å². The van der Waals surface area contributed by atoms with Gasteiger partial charge in [0.05, 0.1) is 34.3 Å². The van der Waals surface area contributed by atoms with Gasteiger partial charge in [-0.05, 0) is 32.0 Å². The van der Waals surface area contributed by atoms with Crippen molar-refractivity contribution in [2.75, 3.05) is 13.1 Å². The maximum atomic E-state index is 12.5. The Morgan fingerprint density at radius 1 is 1.33 bits per heavy atom. The maximum absolute atomic E-state index is 12.5. The summed E-state index contributed by atoms with van der Waals surface area (Å²) in [6.07, 6.45) is 2.48. The molecule has 2 N–H and O–H groups in total. The van der Waals surface area contributed by atoms with Crippen LogP contribution in [0.15, 0.2) is 29.3 Å². The second kappa shape index (κ2) is 7.89. The Morgan fingerprint density at radius 3 is 2.62 bits per heavy atom. The zero-order valence-electron chi connectivity index (χ0n) is 12.7. The van der Waals surface area contributed by atoms with Crippen molar-refractivity contribution < 1.29 is 10.0 Å². The van der Waals surface area contributed by atoms with Crippen LogP contribution >= 0.6 is 24.8 Å². The first-order valence-corrected chi connectivity index (χ1v) is 7.05. The minimum absolute atomic E-state index is 0. The van der Waals surface area contributed by atoms with Crippen molar-refractivity contribution in [2.24, 2.45) is 0 Å². The predicted octanol–water partition coefficient (Wildman–Crippen LogP) is 1.26. The number of rotatable bonds is 3. The zero-order valence-corrected chi connectivity index (χ0v) is 14.3. The summed E-state index contributed by atoms with van der Waals surface area (Å²) in [4.78, 5) is 26.8. The quantitative estimate of drug-likeness (QED) is 0.616. The molecule has 2 aromatic rings. The molecule has 1 aliphatic heterocycles. The summed E-state index contributed by atoms with van der Waals surface area (Å²) in [5.41, 5.74) is -1.04. The van der Waals surface area contributed by atoms with Crippen molar-refractivity contribution in [3.63, 3.8) is 0 Å². The van der Waals surface area contributed by atoms with Crippen molar-refractivity contribution in [3.05, 3.63) is 45.0 Å². The molecule has 0 saturated carbocycles. The molecule has 1 aromatic heterocycles. The first-order valence-electron chi connectivity index (χ1n) is 7.05. The van der Waals surface area contributed by atoms with Crippen LogP contribution < -0.4 is 10.9 Å². The SMILES string of the molecule is Cl.Cl.O=c1c2ccc([N+](=O)[O-])cc2ncn1CC1(O)CCNCC1. The van der Waals surface area contributed by atoms with Gasteiger partial charge in [-0.1, -0.05) is 0 Å². The lowest BCUT2D eigenvalue weighted by atomic mass is 9.92. The summed E-state index contributed by atoms with van der Waals surface area (Å²) < 4.78 is 1.37. The average Bonchev–Trinajstić information content (AvgIpc) is 2.50. The third-order valence-corrected chi connectivity index (χ3v) is 4.02. The summed E-state index contributed by atoms with van der Waals surface area (Å²) in [6.45, 7) is 1.59. The van der Waals surface area contributed by atoms with E-state index in [2.05, 4.69) is 10.3 Å². The van der Waals surface area contributed by atoms with E-state index in [1.54, 1.807) is 0 Å². The molecule has 1 aromatic carbocycles. The number of non-ortho nitro benzene ring substituents is 1. The van der Waals surface area contributed by atoms with Crippen molar-refractivity contribution in [1.29, 1.82) is 0 Å². The Labute approximate surface area is 149 Å². The van der Waals surface area contributed by atoms with Crippen molar-refractivity contribution in [1.82, 2.24) is 14.9 Å². The van der Waals surface area contributed by atoms with Gasteiger partial charge in [0.1, 0.15) is 0 Å². The minimum atomic E-state index is -0.925. The van der Waals surface area contributed by atoms with Gasteiger partial charge in [0, 0.05) is 12.1 Å². The standard InChI is InChI=1S/C14H16N4O4.2ClH/c19-13-11-2-1-10(18(21)22)7-12(11)16-9-17(13)8-14(20)3-5-15-6-4-14;;/h1-2,7,9,15,20H,3-6,8H2;2*1H. The van der Waals surface area contributed by atoms with Crippen molar-refractivity contribution in [2.45, 2.75) is 25.0 Å². The largest absolute Gasteiger partial charge is 0.388 e. The number of hydrogen-bond acceptors (Lipinski definition) is 6. The highest BCUT2D eigenvalue weighted by Crippen LogP contribution is 2.20. The molecule has 0 bridgehead atoms. The third-order valence-electron chi connectivity index (χ3n) is 4.02. The zero-order chi connectivity index (χ0) is 15.7. The van der Waals surface area contributed by atoms with Crippen LogP contribution in [0.25, 0.3) is 10.9 Å². The normalized spacial score (nSPS) is 16.0. The molecule has 24 heavy (non-hydrogen) atoms.